The maximum Gasteiger partial charge on any atom is 0.0742 e. The van der Waals surface area contributed by atoms with Crippen LogP contribution in [0.4, 0.5) is 34.1 Å². The van der Waals surface area contributed by atoms with Crippen molar-refractivity contribution in [3.63, 3.8) is 0 Å². The zero-order chi connectivity index (χ0) is 67.8. The predicted octanol–water partition coefficient (Wildman–Crippen LogP) is 25.7. The standard InChI is InChI=1S/C101H66N2/c1-7-34-67(35-8-1)99(68-36-9-2-10-37-68)88-59-25-27-64-93(88)102(71-42-15-5-16-43-71)97-79(53-31-62-91(97)99)73-49-29-51-77-83(73)66-84-74(50-30-52-78(84)95(77)82-55-33-61-90-96(82)81-48-21-24-58-87(81)101(90)85-56-22-19-46-75(85)76-47-20-23-57-86(76)101)80-54-32-63-92-98(80)103(72-44-17-6-18-45-72)94-65-28-26-60-89(94)100(92,69-38-11-3-12-39-69)70-40-13-4-14-41-70/h1-66H. The maximum atomic E-state index is 2.58. The van der Waals surface area contributed by atoms with Crippen LogP contribution in [0.1, 0.15) is 66.8 Å². The summed E-state index contributed by atoms with van der Waals surface area (Å²) in [5.41, 5.74) is 31.8. The molecule has 2 heterocycles. The summed E-state index contributed by atoms with van der Waals surface area (Å²) in [7, 11) is 0. The Morgan fingerprint density at radius 1 is 0.165 bits per heavy atom. The zero-order valence-corrected chi connectivity index (χ0v) is 56.5. The smallest absolute Gasteiger partial charge is 0.0742 e. The highest BCUT2D eigenvalue weighted by molar-refractivity contribution is 6.22. The van der Waals surface area contributed by atoms with E-state index >= 15 is 0 Å². The van der Waals surface area contributed by atoms with Gasteiger partial charge >= 0.3 is 0 Å². The molecule has 480 valence electrons. The largest absolute Gasteiger partial charge is 0.309 e. The lowest BCUT2D eigenvalue weighted by molar-refractivity contribution is 0.731. The van der Waals surface area contributed by atoms with Crippen LogP contribution in [-0.2, 0) is 16.2 Å². The Morgan fingerprint density at radius 2 is 0.456 bits per heavy atom. The molecule has 0 N–H and O–H groups in total. The fourth-order valence-electron chi connectivity index (χ4n) is 19.4. The van der Waals surface area contributed by atoms with Gasteiger partial charge in [-0.2, -0.15) is 0 Å². The summed E-state index contributed by atoms with van der Waals surface area (Å²) in [6.45, 7) is 0. The van der Waals surface area contributed by atoms with Crippen molar-refractivity contribution in [2.75, 3.05) is 9.80 Å². The van der Waals surface area contributed by atoms with Gasteiger partial charge in [0.15, 0.2) is 0 Å². The number of fused-ring (bicyclic) bond motifs is 16. The Balaban J connectivity index is 0.921. The number of anilines is 6. The molecule has 0 unspecified atom stereocenters. The van der Waals surface area contributed by atoms with Crippen LogP contribution in [0.3, 0.4) is 0 Å². The third-order valence-electron chi connectivity index (χ3n) is 23.2. The number of para-hydroxylation sites is 6. The number of rotatable bonds is 9. The molecule has 17 aromatic rings. The minimum Gasteiger partial charge on any atom is -0.309 e. The van der Waals surface area contributed by atoms with Crippen LogP contribution in [0, 0.1) is 0 Å². The highest BCUT2D eigenvalue weighted by Crippen LogP contribution is 2.67. The van der Waals surface area contributed by atoms with Crippen LogP contribution in [0.5, 0.6) is 0 Å². The Kier molecular flexibility index (Phi) is 13.1. The van der Waals surface area contributed by atoms with Gasteiger partial charge in [0.25, 0.3) is 0 Å². The molecule has 0 fully saturated rings. The van der Waals surface area contributed by atoms with E-state index in [9.17, 15) is 0 Å². The van der Waals surface area contributed by atoms with Crippen molar-refractivity contribution in [3.8, 4) is 55.6 Å². The van der Waals surface area contributed by atoms with Gasteiger partial charge in [-0.1, -0.05) is 358 Å². The first-order valence-corrected chi connectivity index (χ1v) is 36.0. The lowest BCUT2D eigenvalue weighted by atomic mass is 9.62. The molecule has 1 spiro atoms. The molecular weight excluding hydrogens is 1240 g/mol. The Hall–Kier alpha value is -13.1. The first-order chi connectivity index (χ1) is 51.2. The molecule has 0 saturated carbocycles. The van der Waals surface area contributed by atoms with Gasteiger partial charge in [0.05, 0.1) is 39.0 Å². The van der Waals surface area contributed by atoms with E-state index in [4.69, 9.17) is 0 Å². The Morgan fingerprint density at radius 3 is 0.874 bits per heavy atom. The summed E-state index contributed by atoms with van der Waals surface area (Å²) in [6.07, 6.45) is 0. The summed E-state index contributed by atoms with van der Waals surface area (Å²) in [4.78, 5) is 5.12. The minimum absolute atomic E-state index is 0.555. The predicted molar refractivity (Wildman–Crippen MR) is 427 cm³/mol. The first-order valence-electron chi connectivity index (χ1n) is 36.0. The fourth-order valence-corrected chi connectivity index (χ4v) is 19.4. The number of hydrogen-bond acceptors (Lipinski definition) is 2. The van der Waals surface area contributed by atoms with Crippen molar-refractivity contribution in [3.05, 3.63) is 467 Å². The second-order valence-corrected chi connectivity index (χ2v) is 27.9. The molecule has 2 aliphatic heterocycles. The van der Waals surface area contributed by atoms with Gasteiger partial charge in [0.2, 0.25) is 0 Å². The third-order valence-corrected chi connectivity index (χ3v) is 23.2. The van der Waals surface area contributed by atoms with E-state index in [-0.39, 0.29) is 0 Å². The number of nitrogens with zero attached hydrogens (tertiary/aromatic N) is 2. The monoisotopic (exact) mass is 1310 g/mol. The van der Waals surface area contributed by atoms with Gasteiger partial charge in [-0.15, -0.1) is 0 Å². The summed E-state index contributed by atoms with van der Waals surface area (Å²) in [6, 6.07) is 151. The highest BCUT2D eigenvalue weighted by atomic mass is 15.2. The minimum atomic E-state index is -0.721. The lowest BCUT2D eigenvalue weighted by Gasteiger charge is -2.47. The van der Waals surface area contributed by atoms with Crippen LogP contribution in [0.15, 0.2) is 400 Å². The van der Waals surface area contributed by atoms with Crippen LogP contribution >= 0.6 is 0 Å². The molecule has 0 aromatic heterocycles. The SMILES string of the molecule is c1ccc(N2c3ccccc3C(c3ccccc3)(c3ccccc3)c3cccc(-c4cccc5c(-c6cccc7c6-c6ccccc6C76c7ccccc7-c7ccccc76)c6cccc(-c7cccc8c7N(c7ccccc7)c7ccccc7C8(c7ccccc7)c7ccccc7)c6cc45)c32)cc1. The van der Waals surface area contributed by atoms with Crippen LogP contribution in [0.2, 0.25) is 0 Å². The van der Waals surface area contributed by atoms with Crippen molar-refractivity contribution in [2.45, 2.75) is 16.2 Å². The second-order valence-electron chi connectivity index (χ2n) is 27.9. The highest BCUT2D eigenvalue weighted by Gasteiger charge is 2.53. The van der Waals surface area contributed by atoms with Crippen molar-refractivity contribution >= 4 is 55.7 Å². The van der Waals surface area contributed by atoms with Gasteiger partial charge < -0.3 is 9.80 Å². The van der Waals surface area contributed by atoms with E-state index in [1.54, 1.807) is 0 Å². The van der Waals surface area contributed by atoms with Crippen molar-refractivity contribution < 1.29 is 0 Å². The summed E-state index contributed by atoms with van der Waals surface area (Å²) in [5, 5.41) is 4.69. The molecule has 103 heavy (non-hydrogen) atoms. The first kappa shape index (κ1) is 58.8. The quantitative estimate of drug-likeness (QED) is 0.133. The fraction of sp³-hybridized carbons (Fsp3) is 0.0297. The summed E-state index contributed by atoms with van der Waals surface area (Å²) < 4.78 is 0. The molecular formula is C101H66N2. The maximum absolute atomic E-state index is 2.58. The lowest BCUT2D eigenvalue weighted by Crippen LogP contribution is -2.38. The average Bonchev–Trinajstić information content (AvgIpc) is 1.66. The van der Waals surface area contributed by atoms with Gasteiger partial charge in [0.1, 0.15) is 0 Å². The van der Waals surface area contributed by atoms with E-state index in [2.05, 4.69) is 410 Å². The molecule has 0 atom stereocenters. The van der Waals surface area contributed by atoms with E-state index in [0.717, 1.165) is 67.2 Å². The van der Waals surface area contributed by atoms with E-state index in [1.807, 2.05) is 0 Å². The molecule has 0 bridgehead atoms. The molecule has 17 aromatic carbocycles. The summed E-state index contributed by atoms with van der Waals surface area (Å²) >= 11 is 0. The Bertz CT molecular complexity index is 5830. The van der Waals surface area contributed by atoms with Gasteiger partial charge in [-0.3, -0.25) is 0 Å². The number of benzene rings is 17. The van der Waals surface area contributed by atoms with E-state index in [0.29, 0.717) is 0 Å². The average molecular weight is 1310 g/mol. The van der Waals surface area contributed by atoms with Gasteiger partial charge in [-0.25, -0.2) is 0 Å². The molecule has 4 aliphatic rings. The molecule has 21 rings (SSSR count). The zero-order valence-electron chi connectivity index (χ0n) is 56.5. The molecule has 0 saturated heterocycles. The normalized spacial score (nSPS) is 14.2. The van der Waals surface area contributed by atoms with Gasteiger partial charge in [-0.05, 0) is 175 Å². The molecule has 0 amide bonds. The van der Waals surface area contributed by atoms with Crippen LogP contribution < -0.4 is 9.80 Å². The van der Waals surface area contributed by atoms with Crippen LogP contribution in [0.25, 0.3) is 77.2 Å². The van der Waals surface area contributed by atoms with Crippen molar-refractivity contribution in [1.29, 1.82) is 0 Å². The van der Waals surface area contributed by atoms with Crippen molar-refractivity contribution in [1.82, 2.24) is 0 Å². The molecule has 2 heteroatoms. The van der Waals surface area contributed by atoms with E-state index < -0.39 is 16.2 Å². The van der Waals surface area contributed by atoms with E-state index in [1.165, 1.54) is 111 Å². The van der Waals surface area contributed by atoms with Crippen molar-refractivity contribution in [2.24, 2.45) is 0 Å². The molecule has 2 nitrogen and oxygen atoms in total. The Labute approximate surface area is 600 Å². The topological polar surface area (TPSA) is 6.48 Å². The summed E-state index contributed by atoms with van der Waals surface area (Å²) in [5.74, 6) is 0. The number of hydrogen-bond donors (Lipinski definition) is 0. The molecule has 0 radical (unpaired) electrons. The second kappa shape index (κ2) is 23.0. The van der Waals surface area contributed by atoms with Crippen LogP contribution in [-0.4, -0.2) is 0 Å². The van der Waals surface area contributed by atoms with Gasteiger partial charge in [0, 0.05) is 22.5 Å². The molecule has 2 aliphatic carbocycles. The third kappa shape index (κ3) is 8.09.